The summed E-state index contributed by atoms with van der Waals surface area (Å²) >= 11 is 1.40. The number of halogens is 2. The van der Waals surface area contributed by atoms with Crippen molar-refractivity contribution in [1.82, 2.24) is 9.88 Å². The van der Waals surface area contributed by atoms with E-state index in [1.807, 2.05) is 4.90 Å². The van der Waals surface area contributed by atoms with Crippen LogP contribution in [0.2, 0.25) is 0 Å². The van der Waals surface area contributed by atoms with E-state index in [0.717, 1.165) is 27.5 Å². The molecule has 4 rings (SSSR count). The van der Waals surface area contributed by atoms with Crippen molar-refractivity contribution in [3.63, 3.8) is 0 Å². The van der Waals surface area contributed by atoms with E-state index < -0.39 is 21.5 Å². The van der Waals surface area contributed by atoms with Gasteiger partial charge in [-0.05, 0) is 36.4 Å². The Kier molecular flexibility index (Phi) is 4.99. The lowest BCUT2D eigenvalue weighted by Gasteiger charge is -2.34. The average molecular weight is 437 g/mol. The number of amides is 1. The molecule has 3 aromatic rings. The highest BCUT2D eigenvalue weighted by atomic mass is 32.2. The Hall–Kier alpha value is -2.59. The van der Waals surface area contributed by atoms with E-state index in [4.69, 9.17) is 0 Å². The van der Waals surface area contributed by atoms with Crippen molar-refractivity contribution in [2.24, 2.45) is 0 Å². The molecule has 0 N–H and O–H groups in total. The number of thiazole rings is 1. The minimum Gasteiger partial charge on any atom is -0.345 e. The van der Waals surface area contributed by atoms with Gasteiger partial charge >= 0.3 is 0 Å². The number of nitrogens with zero attached hydrogens (tertiary/aromatic N) is 3. The molecule has 1 saturated heterocycles. The van der Waals surface area contributed by atoms with Crippen molar-refractivity contribution >= 4 is 42.4 Å². The molecule has 0 aliphatic carbocycles. The van der Waals surface area contributed by atoms with Gasteiger partial charge in [0.2, 0.25) is 0 Å². The molecule has 0 unspecified atom stereocenters. The van der Waals surface area contributed by atoms with Crippen LogP contribution in [-0.4, -0.2) is 56.6 Å². The summed E-state index contributed by atoms with van der Waals surface area (Å²) in [5.41, 5.74) is 0.836. The molecule has 0 bridgehead atoms. The lowest BCUT2D eigenvalue weighted by molar-refractivity contribution is 0.0746. The Bertz CT molecular complexity index is 1200. The van der Waals surface area contributed by atoms with Crippen molar-refractivity contribution in [2.75, 3.05) is 37.3 Å². The lowest BCUT2D eigenvalue weighted by Crippen LogP contribution is -2.48. The number of hydrogen-bond acceptors (Lipinski definition) is 6. The van der Waals surface area contributed by atoms with Crippen molar-refractivity contribution in [3.8, 4) is 0 Å². The Morgan fingerprint density at radius 1 is 1.03 bits per heavy atom. The van der Waals surface area contributed by atoms with Gasteiger partial charge in [0.1, 0.15) is 0 Å². The zero-order chi connectivity index (χ0) is 20.8. The summed E-state index contributed by atoms with van der Waals surface area (Å²) in [4.78, 5) is 21.0. The van der Waals surface area contributed by atoms with Gasteiger partial charge in [-0.1, -0.05) is 11.3 Å². The number of rotatable bonds is 3. The number of benzene rings is 2. The molecule has 0 atom stereocenters. The third-order valence-corrected chi connectivity index (χ3v) is 6.97. The fourth-order valence-electron chi connectivity index (χ4n) is 3.17. The van der Waals surface area contributed by atoms with Crippen LogP contribution < -0.4 is 4.90 Å². The molecule has 1 amide bonds. The van der Waals surface area contributed by atoms with Gasteiger partial charge < -0.3 is 9.80 Å². The van der Waals surface area contributed by atoms with Crippen LogP contribution in [0.5, 0.6) is 0 Å². The topological polar surface area (TPSA) is 70.6 Å². The van der Waals surface area contributed by atoms with E-state index in [1.165, 1.54) is 23.7 Å². The molecule has 0 radical (unpaired) electrons. The van der Waals surface area contributed by atoms with Gasteiger partial charge in [0.15, 0.2) is 26.6 Å². The zero-order valence-electron chi connectivity index (χ0n) is 15.4. The van der Waals surface area contributed by atoms with E-state index in [2.05, 4.69) is 4.98 Å². The first-order valence-electron chi connectivity index (χ1n) is 8.82. The van der Waals surface area contributed by atoms with Crippen molar-refractivity contribution in [2.45, 2.75) is 4.90 Å². The highest BCUT2D eigenvalue weighted by molar-refractivity contribution is 7.90. The highest BCUT2D eigenvalue weighted by Gasteiger charge is 2.24. The van der Waals surface area contributed by atoms with Crippen LogP contribution in [0.1, 0.15) is 10.4 Å². The highest BCUT2D eigenvalue weighted by Crippen LogP contribution is 2.31. The molecule has 0 spiro atoms. The average Bonchev–Trinajstić information content (AvgIpc) is 3.12. The molecule has 6 nitrogen and oxygen atoms in total. The maximum Gasteiger partial charge on any atom is 0.254 e. The number of piperazine rings is 1. The number of hydrogen-bond donors (Lipinski definition) is 0. The maximum atomic E-state index is 13.4. The summed E-state index contributed by atoms with van der Waals surface area (Å²) < 4.78 is 50.7. The van der Waals surface area contributed by atoms with Crippen LogP contribution >= 0.6 is 11.3 Å². The van der Waals surface area contributed by atoms with Crippen molar-refractivity contribution in [3.05, 3.63) is 53.6 Å². The van der Waals surface area contributed by atoms with Crippen LogP contribution in [0, 0.1) is 11.6 Å². The summed E-state index contributed by atoms with van der Waals surface area (Å²) in [6, 6.07) is 7.99. The maximum absolute atomic E-state index is 13.4. The first-order chi connectivity index (χ1) is 13.7. The minimum atomic E-state index is -3.29. The number of carbonyl (C=O) groups excluding carboxylic acids is 1. The molecule has 1 aliphatic heterocycles. The van der Waals surface area contributed by atoms with Gasteiger partial charge in [0.25, 0.3) is 5.91 Å². The van der Waals surface area contributed by atoms with Crippen LogP contribution in [0.3, 0.4) is 0 Å². The van der Waals surface area contributed by atoms with E-state index in [-0.39, 0.29) is 16.4 Å². The van der Waals surface area contributed by atoms with Gasteiger partial charge in [0.05, 0.1) is 15.1 Å². The monoisotopic (exact) mass is 437 g/mol. The molecule has 2 aromatic carbocycles. The van der Waals surface area contributed by atoms with Crippen molar-refractivity contribution in [1.29, 1.82) is 0 Å². The second-order valence-corrected chi connectivity index (χ2v) is 9.83. The number of fused-ring (bicyclic) bond motifs is 1. The summed E-state index contributed by atoms with van der Waals surface area (Å²) in [5, 5.41) is 0.755. The van der Waals surface area contributed by atoms with E-state index in [1.54, 1.807) is 23.1 Å². The van der Waals surface area contributed by atoms with Gasteiger partial charge in [-0.25, -0.2) is 22.2 Å². The quantitative estimate of drug-likeness (QED) is 0.630. The smallest absolute Gasteiger partial charge is 0.254 e. The van der Waals surface area contributed by atoms with E-state index in [0.29, 0.717) is 26.2 Å². The number of aromatic nitrogens is 1. The largest absolute Gasteiger partial charge is 0.345 e. The summed E-state index contributed by atoms with van der Waals surface area (Å²) in [7, 11) is -3.29. The Morgan fingerprint density at radius 2 is 1.76 bits per heavy atom. The van der Waals surface area contributed by atoms with Gasteiger partial charge in [-0.3, -0.25) is 4.79 Å². The zero-order valence-corrected chi connectivity index (χ0v) is 17.1. The molecule has 1 aromatic heterocycles. The van der Waals surface area contributed by atoms with Crippen LogP contribution in [-0.2, 0) is 9.84 Å². The van der Waals surface area contributed by atoms with Gasteiger partial charge in [-0.15, -0.1) is 0 Å². The molecule has 152 valence electrons. The molecule has 29 heavy (non-hydrogen) atoms. The third kappa shape index (κ3) is 3.95. The summed E-state index contributed by atoms with van der Waals surface area (Å²) in [6.07, 6.45) is 1.17. The van der Waals surface area contributed by atoms with Crippen LogP contribution in [0.25, 0.3) is 10.2 Å². The van der Waals surface area contributed by atoms with Gasteiger partial charge in [0, 0.05) is 38.0 Å². The molecular formula is C19H17F2N3O3S2. The molecule has 1 aliphatic rings. The molecule has 0 saturated carbocycles. The Morgan fingerprint density at radius 3 is 2.41 bits per heavy atom. The van der Waals surface area contributed by atoms with Crippen molar-refractivity contribution < 1.29 is 22.0 Å². The van der Waals surface area contributed by atoms with E-state index >= 15 is 0 Å². The van der Waals surface area contributed by atoms with E-state index in [9.17, 15) is 22.0 Å². The second kappa shape index (κ2) is 7.34. The number of anilines is 1. The number of sulfone groups is 1. The summed E-state index contributed by atoms with van der Waals surface area (Å²) in [6.45, 7) is 1.91. The Balaban J connectivity index is 1.48. The fraction of sp³-hybridized carbons (Fsp3) is 0.263. The third-order valence-electron chi connectivity index (χ3n) is 4.78. The SMILES string of the molecule is CS(=O)(=O)c1ccc2nc(N3CCN(C(=O)c4ccc(F)c(F)c4)CC3)sc2c1. The molecular weight excluding hydrogens is 420 g/mol. The predicted octanol–water partition coefficient (Wildman–Crippen LogP) is 2.94. The molecule has 1 fully saturated rings. The normalized spacial score (nSPS) is 15.1. The summed E-state index contributed by atoms with van der Waals surface area (Å²) in [5.74, 6) is -2.37. The second-order valence-electron chi connectivity index (χ2n) is 6.81. The van der Waals surface area contributed by atoms with Crippen LogP contribution in [0.4, 0.5) is 13.9 Å². The first-order valence-corrected chi connectivity index (χ1v) is 11.5. The lowest BCUT2D eigenvalue weighted by atomic mass is 10.1. The standard InChI is InChI=1S/C19H17F2N3O3S2/c1-29(26,27)13-3-5-16-17(11-13)28-19(22-16)24-8-6-23(7-9-24)18(25)12-2-4-14(20)15(21)10-12/h2-5,10-11H,6-9H2,1H3. The minimum absolute atomic E-state index is 0.116. The first kappa shape index (κ1) is 19.7. The molecule has 10 heteroatoms. The molecule has 2 heterocycles. The number of carbonyl (C=O) groups is 1. The van der Waals surface area contributed by atoms with Crippen LogP contribution in [0.15, 0.2) is 41.3 Å². The predicted molar refractivity (Wildman–Crippen MR) is 107 cm³/mol. The Labute approximate surface area is 170 Å². The van der Waals surface area contributed by atoms with Gasteiger partial charge in [-0.2, -0.15) is 0 Å². The fourth-order valence-corrected chi connectivity index (χ4v) is 4.95.